The fourth-order valence-corrected chi connectivity index (χ4v) is 6.88. The lowest BCUT2D eigenvalue weighted by atomic mass is 9.73. The summed E-state index contributed by atoms with van der Waals surface area (Å²) in [6, 6.07) is 17.5. The first kappa shape index (κ1) is 29.4. The van der Waals surface area contributed by atoms with Gasteiger partial charge in [-0.15, -0.1) is 0 Å². The molecule has 39 heavy (non-hydrogen) atoms. The minimum atomic E-state index is -0.956. The number of hydrogen-bond acceptors (Lipinski definition) is 7. The van der Waals surface area contributed by atoms with E-state index in [9.17, 15) is 9.18 Å². The maximum absolute atomic E-state index is 13.6. The molecule has 212 valence electrons. The van der Waals surface area contributed by atoms with Crippen LogP contribution in [0.4, 0.5) is 9.18 Å². The first-order valence-corrected chi connectivity index (χ1v) is 15.3. The SMILES string of the molecule is COC(=O)OC1(CCSC)N=CN(Cc2ccccc2)C1CC1CCC(C(c2ccc(F)cc2)N(C)C)CC1. The van der Waals surface area contributed by atoms with Gasteiger partial charge in [0.15, 0.2) is 0 Å². The highest BCUT2D eigenvalue weighted by atomic mass is 32.2. The van der Waals surface area contributed by atoms with Gasteiger partial charge in [-0.2, -0.15) is 11.8 Å². The van der Waals surface area contributed by atoms with E-state index in [0.29, 0.717) is 24.8 Å². The molecule has 2 aromatic carbocycles. The zero-order valence-electron chi connectivity index (χ0n) is 23.6. The Morgan fingerprint density at radius 2 is 1.82 bits per heavy atom. The molecule has 0 radical (unpaired) electrons. The number of hydrogen-bond donors (Lipinski definition) is 0. The van der Waals surface area contributed by atoms with Crippen LogP contribution >= 0.6 is 11.8 Å². The second kappa shape index (κ2) is 13.7. The molecule has 0 amide bonds. The summed E-state index contributed by atoms with van der Waals surface area (Å²) in [5.74, 6) is 1.64. The third kappa shape index (κ3) is 7.34. The topological polar surface area (TPSA) is 54.4 Å². The summed E-state index contributed by atoms with van der Waals surface area (Å²) in [6.45, 7) is 0.711. The van der Waals surface area contributed by atoms with Crippen LogP contribution in [0.25, 0.3) is 0 Å². The summed E-state index contributed by atoms with van der Waals surface area (Å²) in [7, 11) is 5.58. The summed E-state index contributed by atoms with van der Waals surface area (Å²) >= 11 is 1.73. The van der Waals surface area contributed by atoms with Gasteiger partial charge in [0.2, 0.25) is 5.72 Å². The maximum Gasteiger partial charge on any atom is 0.510 e. The van der Waals surface area contributed by atoms with Gasteiger partial charge < -0.3 is 19.3 Å². The van der Waals surface area contributed by atoms with Crippen LogP contribution in [0, 0.1) is 17.7 Å². The van der Waals surface area contributed by atoms with E-state index < -0.39 is 11.9 Å². The second-order valence-electron chi connectivity index (χ2n) is 11.0. The summed E-state index contributed by atoms with van der Waals surface area (Å²) in [5, 5.41) is 0. The number of nitrogens with zero attached hydrogens (tertiary/aromatic N) is 3. The molecule has 2 aliphatic rings. The third-order valence-electron chi connectivity index (χ3n) is 8.31. The largest absolute Gasteiger partial charge is 0.510 e. The van der Waals surface area contributed by atoms with Gasteiger partial charge in [0.1, 0.15) is 5.82 Å². The molecule has 3 unspecified atom stereocenters. The summed E-state index contributed by atoms with van der Waals surface area (Å²) < 4.78 is 24.5. The maximum atomic E-state index is 13.6. The van der Waals surface area contributed by atoms with Gasteiger partial charge in [0, 0.05) is 19.0 Å². The number of halogens is 1. The second-order valence-corrected chi connectivity index (χ2v) is 12.0. The minimum Gasteiger partial charge on any atom is -0.438 e. The monoisotopic (exact) mass is 555 g/mol. The Hall–Kier alpha value is -2.58. The van der Waals surface area contributed by atoms with Crippen molar-refractivity contribution in [2.75, 3.05) is 33.2 Å². The number of carbonyl (C=O) groups is 1. The first-order chi connectivity index (χ1) is 18.8. The van der Waals surface area contributed by atoms with Gasteiger partial charge in [0.25, 0.3) is 0 Å². The van der Waals surface area contributed by atoms with Crippen molar-refractivity contribution >= 4 is 24.3 Å². The Labute approximate surface area is 237 Å². The molecule has 0 saturated heterocycles. The lowest BCUT2D eigenvalue weighted by Gasteiger charge is -2.41. The lowest BCUT2D eigenvalue weighted by molar-refractivity contribution is -0.0598. The van der Waals surface area contributed by atoms with E-state index >= 15 is 0 Å². The number of methoxy groups -OCH3 is 1. The van der Waals surface area contributed by atoms with Gasteiger partial charge in [0.05, 0.1) is 19.5 Å². The Bertz CT molecular complexity index is 1080. The zero-order chi connectivity index (χ0) is 27.8. The molecule has 4 rings (SSSR count). The molecule has 0 aromatic heterocycles. The Morgan fingerprint density at radius 3 is 2.44 bits per heavy atom. The number of aliphatic imine (C=N–C) groups is 1. The molecule has 1 saturated carbocycles. The predicted molar refractivity (Wildman–Crippen MR) is 156 cm³/mol. The van der Waals surface area contributed by atoms with Crippen LogP contribution in [0.5, 0.6) is 0 Å². The van der Waals surface area contributed by atoms with Crippen molar-refractivity contribution in [1.29, 1.82) is 0 Å². The van der Waals surface area contributed by atoms with E-state index in [-0.39, 0.29) is 17.9 Å². The molecule has 8 heteroatoms. The molecule has 0 bridgehead atoms. The van der Waals surface area contributed by atoms with Crippen LogP contribution in [0.2, 0.25) is 0 Å². The highest BCUT2D eigenvalue weighted by Gasteiger charge is 2.49. The first-order valence-electron chi connectivity index (χ1n) is 13.9. The summed E-state index contributed by atoms with van der Waals surface area (Å²) in [6.07, 6.45) is 9.20. The highest BCUT2D eigenvalue weighted by molar-refractivity contribution is 7.98. The molecular weight excluding hydrogens is 513 g/mol. The average Bonchev–Trinajstić information content (AvgIpc) is 3.26. The molecule has 3 atom stereocenters. The van der Waals surface area contributed by atoms with Gasteiger partial charge in [-0.3, -0.25) is 0 Å². The molecule has 2 aromatic rings. The molecule has 1 aliphatic heterocycles. The molecule has 1 aliphatic carbocycles. The molecule has 6 nitrogen and oxygen atoms in total. The van der Waals surface area contributed by atoms with Crippen LogP contribution in [-0.2, 0) is 16.0 Å². The average molecular weight is 556 g/mol. The normalized spacial score (nSPS) is 25.6. The van der Waals surface area contributed by atoms with Gasteiger partial charge in [-0.25, -0.2) is 14.2 Å². The van der Waals surface area contributed by atoms with E-state index in [2.05, 4.69) is 42.3 Å². The molecule has 0 spiro atoms. The smallest absolute Gasteiger partial charge is 0.438 e. The quantitative estimate of drug-likeness (QED) is 0.285. The zero-order valence-corrected chi connectivity index (χ0v) is 24.4. The highest BCUT2D eigenvalue weighted by Crippen LogP contribution is 2.44. The Balaban J connectivity index is 1.50. The van der Waals surface area contributed by atoms with Crippen molar-refractivity contribution < 1.29 is 18.7 Å². The number of rotatable bonds is 11. The van der Waals surface area contributed by atoms with Crippen molar-refractivity contribution in [3.8, 4) is 0 Å². The van der Waals surface area contributed by atoms with E-state index in [0.717, 1.165) is 37.9 Å². The Morgan fingerprint density at radius 1 is 1.13 bits per heavy atom. The van der Waals surface area contributed by atoms with E-state index in [1.807, 2.05) is 36.7 Å². The molecule has 1 fully saturated rings. The number of carbonyl (C=O) groups excluding carboxylic acids is 1. The Kier molecular flexibility index (Phi) is 10.3. The minimum absolute atomic E-state index is 0.0627. The van der Waals surface area contributed by atoms with Crippen LogP contribution < -0.4 is 0 Å². The molecule has 0 N–H and O–H groups in total. The number of benzene rings is 2. The van der Waals surface area contributed by atoms with E-state index in [1.165, 1.54) is 18.2 Å². The number of thioether (sulfide) groups is 1. The summed E-state index contributed by atoms with van der Waals surface area (Å²) in [5.41, 5.74) is 1.41. The third-order valence-corrected chi connectivity index (χ3v) is 8.92. The van der Waals surface area contributed by atoms with Gasteiger partial charge in [-0.1, -0.05) is 55.3 Å². The van der Waals surface area contributed by atoms with Crippen LogP contribution in [0.15, 0.2) is 59.6 Å². The van der Waals surface area contributed by atoms with E-state index in [1.54, 1.807) is 23.9 Å². The van der Waals surface area contributed by atoms with Gasteiger partial charge >= 0.3 is 6.16 Å². The van der Waals surface area contributed by atoms with Crippen molar-refractivity contribution in [1.82, 2.24) is 9.80 Å². The van der Waals surface area contributed by atoms with Crippen LogP contribution in [0.1, 0.15) is 55.7 Å². The van der Waals surface area contributed by atoms with Crippen molar-refractivity contribution in [3.63, 3.8) is 0 Å². The molecular formula is C31H42FN3O3S. The number of ether oxygens (including phenoxy) is 2. The standard InChI is InChI=1S/C31H42FN3O3S/c1-34(2)29(26-14-16-27(32)17-15-26)25-12-10-23(11-13-25)20-28-31(18-19-39-4,38-30(36)37-3)33-22-35(28)21-24-8-6-5-7-9-24/h5-9,14-17,22-23,25,28-29H,10-13,18-21H2,1-4H3. The van der Waals surface area contributed by atoms with Gasteiger partial charge in [-0.05, 0) is 80.5 Å². The van der Waals surface area contributed by atoms with Crippen LogP contribution in [-0.4, -0.2) is 67.3 Å². The van der Waals surface area contributed by atoms with Crippen molar-refractivity contribution in [3.05, 3.63) is 71.5 Å². The van der Waals surface area contributed by atoms with Crippen LogP contribution in [0.3, 0.4) is 0 Å². The molecule has 1 heterocycles. The van der Waals surface area contributed by atoms with Crippen molar-refractivity contribution in [2.45, 2.75) is 62.9 Å². The summed E-state index contributed by atoms with van der Waals surface area (Å²) in [4.78, 5) is 21.8. The fourth-order valence-electron chi connectivity index (χ4n) is 6.38. The van der Waals surface area contributed by atoms with E-state index in [4.69, 9.17) is 14.5 Å². The predicted octanol–water partition coefficient (Wildman–Crippen LogP) is 6.77. The fraction of sp³-hybridized carbons (Fsp3) is 0.548. The lowest BCUT2D eigenvalue weighted by Crippen LogP contribution is -2.50. The van der Waals surface area contributed by atoms with Crippen molar-refractivity contribution in [2.24, 2.45) is 16.8 Å².